The van der Waals surface area contributed by atoms with Crippen molar-refractivity contribution in [3.05, 3.63) is 70.1 Å². The first-order valence-corrected chi connectivity index (χ1v) is 11.7. The number of esters is 1. The van der Waals surface area contributed by atoms with Gasteiger partial charge in [-0.2, -0.15) is 5.10 Å². The molecule has 0 bridgehead atoms. The van der Waals surface area contributed by atoms with Crippen LogP contribution < -0.4 is 10.9 Å². The molecule has 182 valence electrons. The third-order valence-corrected chi connectivity index (χ3v) is 6.00. The van der Waals surface area contributed by atoms with Crippen LogP contribution >= 0.6 is 0 Å². The summed E-state index contributed by atoms with van der Waals surface area (Å²) in [5.41, 5.74) is 2.88. The molecule has 35 heavy (non-hydrogen) atoms. The molecule has 2 heterocycles. The van der Waals surface area contributed by atoms with E-state index in [0.29, 0.717) is 29.9 Å². The fourth-order valence-electron chi connectivity index (χ4n) is 3.97. The summed E-state index contributed by atoms with van der Waals surface area (Å²) in [6.45, 7) is 8.68. The van der Waals surface area contributed by atoms with Gasteiger partial charge >= 0.3 is 5.97 Å². The number of nitrogens with zero attached hydrogens (tertiary/aromatic N) is 3. The molecule has 1 amide bonds. The Labute approximate surface area is 202 Å². The third-order valence-electron chi connectivity index (χ3n) is 6.00. The van der Waals surface area contributed by atoms with Crippen LogP contribution in [0, 0.1) is 6.92 Å². The molecule has 0 atom stereocenters. The van der Waals surface area contributed by atoms with Crippen LogP contribution in [0.5, 0.6) is 0 Å². The van der Waals surface area contributed by atoms with Gasteiger partial charge in [-0.15, -0.1) is 0 Å². The van der Waals surface area contributed by atoms with Crippen LogP contribution in [0.2, 0.25) is 0 Å². The Balaban J connectivity index is 1.38. The molecule has 4 aromatic rings. The highest BCUT2D eigenvalue weighted by Crippen LogP contribution is 2.23. The van der Waals surface area contributed by atoms with E-state index in [-0.39, 0.29) is 12.1 Å². The Morgan fingerprint density at radius 3 is 2.54 bits per heavy atom. The number of fused-ring (bicyclic) bond motifs is 3. The lowest BCUT2D eigenvalue weighted by Crippen LogP contribution is -2.29. The molecule has 0 aliphatic heterocycles. The Morgan fingerprint density at radius 1 is 1.09 bits per heavy atom. The van der Waals surface area contributed by atoms with E-state index in [1.54, 1.807) is 30.5 Å². The molecule has 0 saturated heterocycles. The monoisotopic (exact) mass is 475 g/mol. The molecule has 0 saturated carbocycles. The molecule has 4 rings (SSSR count). The molecule has 2 aromatic heterocycles. The fraction of sp³-hybridized carbons (Fsp3) is 0.308. The summed E-state index contributed by atoms with van der Waals surface area (Å²) in [4.78, 5) is 43.0. The largest absolute Gasteiger partial charge is 0.461 e. The highest BCUT2D eigenvalue weighted by molar-refractivity contribution is 6.06. The summed E-state index contributed by atoms with van der Waals surface area (Å²) in [7, 11) is 0. The van der Waals surface area contributed by atoms with Crippen LogP contribution in [0.15, 0.2) is 53.5 Å². The van der Waals surface area contributed by atoms with Crippen LogP contribution in [-0.2, 0) is 16.1 Å². The van der Waals surface area contributed by atoms with E-state index in [1.165, 1.54) is 0 Å². The number of aryl methyl sites for hydroxylation is 1. The second-order valence-electron chi connectivity index (χ2n) is 8.36. The number of benzene rings is 2. The van der Waals surface area contributed by atoms with Crippen molar-refractivity contribution in [2.24, 2.45) is 0 Å². The zero-order valence-electron chi connectivity index (χ0n) is 20.1. The maximum Gasteiger partial charge on any atom is 0.338 e. The van der Waals surface area contributed by atoms with Crippen LogP contribution in [0.4, 0.5) is 5.69 Å². The molecule has 0 aliphatic rings. The van der Waals surface area contributed by atoms with Crippen molar-refractivity contribution >= 4 is 39.4 Å². The quantitative estimate of drug-likeness (QED) is 0.360. The lowest BCUT2D eigenvalue weighted by molar-refractivity contribution is -0.117. The first kappa shape index (κ1) is 24.2. The number of hydrogen-bond acceptors (Lipinski definition) is 6. The number of carbonyl (C=O) groups excluding carboxylic acids is 2. The highest BCUT2D eigenvalue weighted by atomic mass is 16.5. The van der Waals surface area contributed by atoms with Crippen molar-refractivity contribution in [2.45, 2.75) is 27.3 Å². The van der Waals surface area contributed by atoms with Gasteiger partial charge in [0.15, 0.2) is 0 Å². The topological polar surface area (TPSA) is 109 Å². The van der Waals surface area contributed by atoms with E-state index in [1.807, 2.05) is 25.1 Å². The molecule has 9 nitrogen and oxygen atoms in total. The van der Waals surface area contributed by atoms with E-state index >= 15 is 0 Å². The first-order valence-electron chi connectivity index (χ1n) is 11.7. The van der Waals surface area contributed by atoms with Gasteiger partial charge in [-0.05, 0) is 56.4 Å². The predicted octanol–water partition coefficient (Wildman–Crippen LogP) is 3.32. The number of aromatic amines is 1. The van der Waals surface area contributed by atoms with Gasteiger partial charge in [-0.3, -0.25) is 9.59 Å². The number of H-pyrrole nitrogens is 1. The van der Waals surface area contributed by atoms with E-state index in [9.17, 15) is 14.4 Å². The molecule has 0 fully saturated rings. The van der Waals surface area contributed by atoms with Gasteiger partial charge < -0.3 is 19.9 Å². The van der Waals surface area contributed by atoms with E-state index in [2.05, 4.69) is 34.1 Å². The molecule has 2 aromatic carbocycles. The van der Waals surface area contributed by atoms with E-state index < -0.39 is 11.9 Å². The Kier molecular flexibility index (Phi) is 7.26. The highest BCUT2D eigenvalue weighted by Gasteiger charge is 2.14. The number of carbonyl (C=O) groups is 2. The number of aromatic nitrogens is 3. The lowest BCUT2D eigenvalue weighted by atomic mass is 10.1. The van der Waals surface area contributed by atoms with Crippen molar-refractivity contribution in [1.82, 2.24) is 19.7 Å². The number of hydrogen-bond donors (Lipinski definition) is 2. The zero-order chi connectivity index (χ0) is 24.9. The average molecular weight is 476 g/mol. The Morgan fingerprint density at radius 2 is 1.83 bits per heavy atom. The number of rotatable bonds is 9. The van der Waals surface area contributed by atoms with Gasteiger partial charge in [-0.1, -0.05) is 25.5 Å². The number of nitrogens with one attached hydrogen (secondary N) is 2. The average Bonchev–Trinajstić information content (AvgIpc) is 3.22. The van der Waals surface area contributed by atoms with Gasteiger partial charge in [0, 0.05) is 28.5 Å². The maximum atomic E-state index is 12.9. The van der Waals surface area contributed by atoms with Crippen molar-refractivity contribution in [3.63, 3.8) is 0 Å². The first-order chi connectivity index (χ1) is 16.9. The maximum absolute atomic E-state index is 12.9. The van der Waals surface area contributed by atoms with E-state index in [4.69, 9.17) is 4.74 Å². The van der Waals surface area contributed by atoms with Crippen LogP contribution in [-0.4, -0.2) is 57.8 Å². The second-order valence-corrected chi connectivity index (χ2v) is 8.36. The smallest absolute Gasteiger partial charge is 0.338 e. The fourth-order valence-corrected chi connectivity index (χ4v) is 3.97. The standard InChI is InChI=1S/C26H29N5O4/c1-4-30(5-2)12-13-35-26(34)18-7-9-19(10-8-18)28-23(32)16-31-25(33)24-21(15-27-31)20-14-17(3)6-11-22(20)29-24/h6-11,14-15,29H,4-5,12-13,16H2,1-3H3,(H,28,32). The number of ether oxygens (including phenoxy) is 1. The van der Waals surface area contributed by atoms with Gasteiger partial charge in [0.1, 0.15) is 18.7 Å². The SMILES string of the molecule is CCN(CC)CCOC(=O)c1ccc(NC(=O)Cn2ncc3c([nH]c4ccc(C)cc43)c2=O)cc1. The minimum Gasteiger partial charge on any atom is -0.461 e. The third kappa shape index (κ3) is 5.41. The summed E-state index contributed by atoms with van der Waals surface area (Å²) in [6.07, 6.45) is 1.60. The van der Waals surface area contributed by atoms with Crippen molar-refractivity contribution in [1.29, 1.82) is 0 Å². The normalized spacial score (nSPS) is 11.3. The molecule has 2 N–H and O–H groups in total. The Bertz CT molecular complexity index is 1420. The molecule has 0 spiro atoms. The molecule has 9 heteroatoms. The summed E-state index contributed by atoms with van der Waals surface area (Å²) in [5.74, 6) is -0.812. The molecule has 0 radical (unpaired) electrons. The Hall–Kier alpha value is -3.98. The summed E-state index contributed by atoms with van der Waals surface area (Å²) in [6, 6.07) is 12.3. The van der Waals surface area contributed by atoms with Crippen LogP contribution in [0.25, 0.3) is 21.8 Å². The minimum atomic E-state index is -0.410. The van der Waals surface area contributed by atoms with Crippen LogP contribution in [0.3, 0.4) is 0 Å². The molecular formula is C26H29N5O4. The number of likely N-dealkylation sites (N-methyl/N-ethyl adjacent to an activating group) is 1. The predicted molar refractivity (Wildman–Crippen MR) is 136 cm³/mol. The summed E-state index contributed by atoms with van der Waals surface area (Å²) in [5, 5.41) is 8.57. The summed E-state index contributed by atoms with van der Waals surface area (Å²) < 4.78 is 6.45. The van der Waals surface area contributed by atoms with Gasteiger partial charge in [0.05, 0.1) is 11.8 Å². The zero-order valence-corrected chi connectivity index (χ0v) is 20.1. The molecule has 0 unspecified atom stereocenters. The van der Waals surface area contributed by atoms with Crippen molar-refractivity contribution < 1.29 is 14.3 Å². The molecular weight excluding hydrogens is 446 g/mol. The molecule has 0 aliphatic carbocycles. The second kappa shape index (κ2) is 10.5. The number of amides is 1. The van der Waals surface area contributed by atoms with Crippen molar-refractivity contribution in [3.8, 4) is 0 Å². The van der Waals surface area contributed by atoms with Gasteiger partial charge in [0.25, 0.3) is 5.56 Å². The number of anilines is 1. The summed E-state index contributed by atoms with van der Waals surface area (Å²) >= 11 is 0. The van der Waals surface area contributed by atoms with Gasteiger partial charge in [-0.25, -0.2) is 9.48 Å². The van der Waals surface area contributed by atoms with Crippen LogP contribution in [0.1, 0.15) is 29.8 Å². The van der Waals surface area contributed by atoms with Crippen molar-refractivity contribution in [2.75, 3.05) is 31.6 Å². The minimum absolute atomic E-state index is 0.238. The van der Waals surface area contributed by atoms with E-state index in [0.717, 1.165) is 39.6 Å². The lowest BCUT2D eigenvalue weighted by Gasteiger charge is -2.17. The van der Waals surface area contributed by atoms with Gasteiger partial charge in [0.2, 0.25) is 5.91 Å².